The van der Waals surface area contributed by atoms with E-state index in [9.17, 15) is 0 Å². The SMILES string of the molecule is c1ccc(-c2cc(-c3ccccn3)nc(-c3ccc(-c4ccc(-c5cccc(-c6cc(-c7ccccc7)nc(-c7ccccc7)n6)c5)cc4)cn3)c2)cc1. The van der Waals surface area contributed by atoms with E-state index in [1.165, 1.54) is 0 Å². The van der Waals surface area contributed by atoms with E-state index < -0.39 is 0 Å². The average molecular weight is 692 g/mol. The van der Waals surface area contributed by atoms with Crippen molar-refractivity contribution in [2.75, 3.05) is 0 Å². The predicted octanol–water partition coefficient (Wildman–Crippen LogP) is 12.0. The molecule has 0 atom stereocenters. The number of benzene rings is 5. The van der Waals surface area contributed by atoms with Crippen LogP contribution in [0.2, 0.25) is 0 Å². The molecule has 254 valence electrons. The van der Waals surface area contributed by atoms with E-state index in [2.05, 4.69) is 114 Å². The van der Waals surface area contributed by atoms with Crippen molar-refractivity contribution < 1.29 is 0 Å². The second-order valence-electron chi connectivity index (χ2n) is 13.0. The fraction of sp³-hybridized carbons (Fsp3) is 0. The normalized spacial score (nSPS) is 11.0. The second kappa shape index (κ2) is 14.7. The highest BCUT2D eigenvalue weighted by molar-refractivity contribution is 5.78. The van der Waals surface area contributed by atoms with E-state index in [1.807, 2.05) is 85.1 Å². The standard InChI is InChI=1S/C49H33N5/c1-4-13-34(14-5-1)42-30-47(43-21-10-11-28-50-43)52-48(31-42)44-27-26-41(33-51-44)36-24-22-35(23-25-36)39-19-12-20-40(29-39)46-32-45(37-15-6-2-7-16-37)53-49(54-46)38-17-8-3-9-18-38/h1-33H. The number of nitrogens with zero attached hydrogens (tertiary/aromatic N) is 5. The highest BCUT2D eigenvalue weighted by atomic mass is 14.9. The molecule has 0 saturated carbocycles. The number of hydrogen-bond acceptors (Lipinski definition) is 5. The number of pyridine rings is 3. The van der Waals surface area contributed by atoms with Crippen molar-refractivity contribution in [3.05, 3.63) is 200 Å². The van der Waals surface area contributed by atoms with Gasteiger partial charge in [0.15, 0.2) is 5.82 Å². The van der Waals surface area contributed by atoms with Crippen LogP contribution in [-0.2, 0) is 0 Å². The zero-order chi connectivity index (χ0) is 36.1. The molecule has 0 saturated heterocycles. The van der Waals surface area contributed by atoms with E-state index in [4.69, 9.17) is 19.9 Å². The van der Waals surface area contributed by atoms with Crippen LogP contribution in [0.3, 0.4) is 0 Å². The van der Waals surface area contributed by atoms with Crippen molar-refractivity contribution in [1.82, 2.24) is 24.9 Å². The van der Waals surface area contributed by atoms with Crippen LogP contribution < -0.4 is 0 Å². The minimum absolute atomic E-state index is 0.703. The lowest BCUT2D eigenvalue weighted by Crippen LogP contribution is -1.96. The van der Waals surface area contributed by atoms with Gasteiger partial charge in [-0.2, -0.15) is 0 Å². The smallest absolute Gasteiger partial charge is 0.160 e. The van der Waals surface area contributed by atoms with Crippen LogP contribution in [-0.4, -0.2) is 24.9 Å². The molecule has 5 nitrogen and oxygen atoms in total. The van der Waals surface area contributed by atoms with Crippen LogP contribution in [0.15, 0.2) is 200 Å². The van der Waals surface area contributed by atoms with Crippen LogP contribution in [0.1, 0.15) is 0 Å². The molecule has 0 amide bonds. The summed E-state index contributed by atoms with van der Waals surface area (Å²) in [4.78, 5) is 24.4. The molecule has 4 heterocycles. The van der Waals surface area contributed by atoms with Gasteiger partial charge in [-0.25, -0.2) is 15.0 Å². The molecule has 0 aliphatic carbocycles. The second-order valence-corrected chi connectivity index (χ2v) is 13.0. The molecule has 0 unspecified atom stereocenters. The maximum atomic E-state index is 5.03. The summed E-state index contributed by atoms with van der Waals surface area (Å²) in [7, 11) is 0. The van der Waals surface area contributed by atoms with Crippen molar-refractivity contribution in [1.29, 1.82) is 0 Å². The Morgan fingerprint density at radius 3 is 1.39 bits per heavy atom. The molecule has 9 aromatic rings. The Morgan fingerprint density at radius 1 is 0.241 bits per heavy atom. The van der Waals surface area contributed by atoms with E-state index in [0.29, 0.717) is 5.82 Å². The predicted molar refractivity (Wildman–Crippen MR) is 219 cm³/mol. The highest BCUT2D eigenvalue weighted by Gasteiger charge is 2.13. The van der Waals surface area contributed by atoms with Gasteiger partial charge in [-0.1, -0.05) is 146 Å². The summed E-state index contributed by atoms with van der Waals surface area (Å²) < 4.78 is 0. The Bertz CT molecular complexity index is 2550. The largest absolute Gasteiger partial charge is 0.255 e. The summed E-state index contributed by atoms with van der Waals surface area (Å²) in [6, 6.07) is 64.2. The lowest BCUT2D eigenvalue weighted by atomic mass is 9.98. The van der Waals surface area contributed by atoms with E-state index >= 15 is 0 Å². The number of rotatable bonds is 8. The highest BCUT2D eigenvalue weighted by Crippen LogP contribution is 2.33. The Balaban J connectivity index is 1.00. The van der Waals surface area contributed by atoms with Gasteiger partial charge in [0, 0.05) is 34.6 Å². The van der Waals surface area contributed by atoms with Crippen LogP contribution in [0.4, 0.5) is 0 Å². The van der Waals surface area contributed by atoms with Crippen LogP contribution >= 0.6 is 0 Å². The summed E-state index contributed by atoms with van der Waals surface area (Å²) in [6.07, 6.45) is 3.72. The van der Waals surface area contributed by atoms with Crippen molar-refractivity contribution in [2.24, 2.45) is 0 Å². The number of hydrogen-bond donors (Lipinski definition) is 0. The Morgan fingerprint density at radius 2 is 0.759 bits per heavy atom. The first kappa shape index (κ1) is 32.5. The molecule has 4 aromatic heterocycles. The Hall–Kier alpha value is -7.37. The monoisotopic (exact) mass is 691 g/mol. The van der Waals surface area contributed by atoms with Crippen LogP contribution in [0.5, 0.6) is 0 Å². The molecule has 0 aliphatic heterocycles. The van der Waals surface area contributed by atoms with Gasteiger partial charge in [0.05, 0.1) is 34.2 Å². The van der Waals surface area contributed by atoms with Crippen LogP contribution in [0, 0.1) is 0 Å². The number of aromatic nitrogens is 5. The van der Waals surface area contributed by atoms with Gasteiger partial charge in [0.25, 0.3) is 0 Å². The summed E-state index contributed by atoms with van der Waals surface area (Å²) in [6.45, 7) is 0. The molecule has 0 radical (unpaired) electrons. The van der Waals surface area contributed by atoms with Crippen molar-refractivity contribution >= 4 is 0 Å². The average Bonchev–Trinajstić information content (AvgIpc) is 3.27. The lowest BCUT2D eigenvalue weighted by molar-refractivity contribution is 1.18. The zero-order valence-electron chi connectivity index (χ0n) is 29.3. The molecule has 5 heteroatoms. The molecule has 5 aromatic carbocycles. The third-order valence-electron chi connectivity index (χ3n) is 9.42. The van der Waals surface area contributed by atoms with Crippen molar-refractivity contribution in [2.45, 2.75) is 0 Å². The molecule has 0 bridgehead atoms. The first-order chi connectivity index (χ1) is 26.7. The van der Waals surface area contributed by atoms with E-state index in [-0.39, 0.29) is 0 Å². The van der Waals surface area contributed by atoms with E-state index in [0.717, 1.165) is 84.2 Å². The van der Waals surface area contributed by atoms with E-state index in [1.54, 1.807) is 6.20 Å². The quantitative estimate of drug-likeness (QED) is 0.159. The fourth-order valence-corrected chi connectivity index (χ4v) is 6.60. The van der Waals surface area contributed by atoms with Crippen molar-refractivity contribution in [3.8, 4) is 90.1 Å². The molecule has 0 fully saturated rings. The molecular formula is C49H33N5. The maximum absolute atomic E-state index is 5.03. The molecule has 9 rings (SSSR count). The first-order valence-corrected chi connectivity index (χ1v) is 17.9. The minimum atomic E-state index is 0.703. The minimum Gasteiger partial charge on any atom is -0.255 e. The summed E-state index contributed by atoms with van der Waals surface area (Å²) in [5.41, 5.74) is 14.6. The summed E-state index contributed by atoms with van der Waals surface area (Å²) >= 11 is 0. The first-order valence-electron chi connectivity index (χ1n) is 17.9. The van der Waals surface area contributed by atoms with Gasteiger partial charge in [-0.05, 0) is 70.3 Å². The molecular weight excluding hydrogens is 659 g/mol. The lowest BCUT2D eigenvalue weighted by Gasteiger charge is -2.11. The molecule has 0 N–H and O–H groups in total. The van der Waals surface area contributed by atoms with Gasteiger partial charge in [-0.15, -0.1) is 0 Å². The third kappa shape index (κ3) is 6.94. The van der Waals surface area contributed by atoms with Gasteiger partial charge >= 0.3 is 0 Å². The Labute approximate surface area is 314 Å². The molecule has 0 spiro atoms. The van der Waals surface area contributed by atoms with Gasteiger partial charge in [0.2, 0.25) is 0 Å². The topological polar surface area (TPSA) is 64.5 Å². The summed E-state index contributed by atoms with van der Waals surface area (Å²) in [5, 5.41) is 0. The Kier molecular flexibility index (Phi) is 8.86. The third-order valence-corrected chi connectivity index (χ3v) is 9.42. The van der Waals surface area contributed by atoms with Gasteiger partial charge in [0.1, 0.15) is 0 Å². The summed E-state index contributed by atoms with van der Waals surface area (Å²) in [5.74, 6) is 0.703. The maximum Gasteiger partial charge on any atom is 0.160 e. The molecule has 0 aliphatic rings. The molecule has 54 heavy (non-hydrogen) atoms. The van der Waals surface area contributed by atoms with Gasteiger partial charge in [-0.3, -0.25) is 9.97 Å². The van der Waals surface area contributed by atoms with Gasteiger partial charge < -0.3 is 0 Å². The van der Waals surface area contributed by atoms with Crippen LogP contribution in [0.25, 0.3) is 90.1 Å². The van der Waals surface area contributed by atoms with Crippen molar-refractivity contribution in [3.63, 3.8) is 0 Å². The fourth-order valence-electron chi connectivity index (χ4n) is 6.60. The zero-order valence-corrected chi connectivity index (χ0v) is 29.3.